The number of nitrogens with one attached hydrogen (secondary N) is 1. The highest BCUT2D eigenvalue weighted by Crippen LogP contribution is 2.38. The molecule has 2 heterocycles. The summed E-state index contributed by atoms with van der Waals surface area (Å²) in [5, 5.41) is 7.92. The molecule has 1 N–H and O–H groups in total. The molecule has 2 aliphatic rings. The maximum absolute atomic E-state index is 12.2. The van der Waals surface area contributed by atoms with E-state index in [9.17, 15) is 4.79 Å². The van der Waals surface area contributed by atoms with E-state index in [-0.39, 0.29) is 11.8 Å². The second kappa shape index (κ2) is 5.16. The van der Waals surface area contributed by atoms with Crippen LogP contribution in [0.1, 0.15) is 35.2 Å². The van der Waals surface area contributed by atoms with Crippen LogP contribution in [0, 0.1) is 19.8 Å². The standard InChI is InChI=1S/C17H19N3OS/c1-10-4-3-5-15(11(10)2)20-16(18-17(21)12-6-7-12)13-8-22-9-14(13)19-20/h3-5,12H,6-9H2,1-2H3,(H,18,21). The van der Waals surface area contributed by atoms with Crippen LogP contribution < -0.4 is 5.32 Å². The number of rotatable bonds is 3. The Balaban J connectivity index is 1.81. The lowest BCUT2D eigenvalue weighted by molar-refractivity contribution is -0.117. The topological polar surface area (TPSA) is 46.9 Å². The summed E-state index contributed by atoms with van der Waals surface area (Å²) in [7, 11) is 0. The van der Waals surface area contributed by atoms with Gasteiger partial charge in [0.05, 0.1) is 11.4 Å². The number of carbonyl (C=O) groups is 1. The number of aryl methyl sites for hydroxylation is 1. The predicted molar refractivity (Wildman–Crippen MR) is 89.4 cm³/mol. The molecule has 0 saturated heterocycles. The largest absolute Gasteiger partial charge is 0.310 e. The number of aromatic nitrogens is 2. The smallest absolute Gasteiger partial charge is 0.228 e. The average Bonchev–Trinajstić information content (AvgIpc) is 3.17. The van der Waals surface area contributed by atoms with Crippen LogP contribution in [0.25, 0.3) is 5.69 Å². The Hall–Kier alpha value is -1.75. The fourth-order valence-corrected chi connectivity index (χ4v) is 3.88. The summed E-state index contributed by atoms with van der Waals surface area (Å²) in [6, 6.07) is 6.23. The molecular formula is C17H19N3OS. The van der Waals surface area contributed by atoms with Crippen LogP contribution >= 0.6 is 11.8 Å². The minimum atomic E-state index is 0.145. The van der Waals surface area contributed by atoms with Crippen LogP contribution in [-0.4, -0.2) is 15.7 Å². The number of anilines is 1. The van der Waals surface area contributed by atoms with Gasteiger partial charge < -0.3 is 5.32 Å². The molecule has 22 heavy (non-hydrogen) atoms. The molecule has 1 aromatic carbocycles. The van der Waals surface area contributed by atoms with E-state index < -0.39 is 0 Å². The summed E-state index contributed by atoms with van der Waals surface area (Å²) in [5.74, 6) is 3.09. The van der Waals surface area contributed by atoms with E-state index in [1.165, 1.54) is 16.7 Å². The zero-order valence-electron chi connectivity index (χ0n) is 12.8. The number of thioether (sulfide) groups is 1. The van der Waals surface area contributed by atoms with Gasteiger partial charge in [0, 0.05) is 23.0 Å². The van der Waals surface area contributed by atoms with E-state index in [0.29, 0.717) is 0 Å². The minimum absolute atomic E-state index is 0.145. The third-order valence-electron chi connectivity index (χ3n) is 4.55. The monoisotopic (exact) mass is 313 g/mol. The molecular weight excluding hydrogens is 294 g/mol. The molecule has 1 saturated carbocycles. The molecule has 1 aromatic heterocycles. The fourth-order valence-electron chi connectivity index (χ4n) is 2.85. The molecule has 0 unspecified atom stereocenters. The van der Waals surface area contributed by atoms with E-state index >= 15 is 0 Å². The van der Waals surface area contributed by atoms with Crippen molar-refractivity contribution in [3.05, 3.63) is 40.6 Å². The SMILES string of the molecule is Cc1cccc(-n2nc3c(c2NC(=O)C2CC2)CSC3)c1C. The molecule has 4 nitrogen and oxygen atoms in total. The van der Waals surface area contributed by atoms with Crippen molar-refractivity contribution in [2.75, 3.05) is 5.32 Å². The van der Waals surface area contributed by atoms with Crippen molar-refractivity contribution in [1.82, 2.24) is 9.78 Å². The summed E-state index contributed by atoms with van der Waals surface area (Å²) < 4.78 is 1.94. The third-order valence-corrected chi connectivity index (χ3v) is 5.52. The van der Waals surface area contributed by atoms with Crippen molar-refractivity contribution in [2.24, 2.45) is 5.92 Å². The van der Waals surface area contributed by atoms with Crippen LogP contribution in [0.3, 0.4) is 0 Å². The molecule has 2 aromatic rings. The van der Waals surface area contributed by atoms with Crippen molar-refractivity contribution in [2.45, 2.75) is 38.2 Å². The van der Waals surface area contributed by atoms with Gasteiger partial charge in [-0.15, -0.1) is 0 Å². The highest BCUT2D eigenvalue weighted by Gasteiger charge is 2.32. The van der Waals surface area contributed by atoms with Crippen molar-refractivity contribution < 1.29 is 4.79 Å². The van der Waals surface area contributed by atoms with Crippen LogP contribution in [0.4, 0.5) is 5.82 Å². The van der Waals surface area contributed by atoms with Crippen molar-refractivity contribution >= 4 is 23.5 Å². The summed E-state index contributed by atoms with van der Waals surface area (Å²) >= 11 is 1.86. The number of fused-ring (bicyclic) bond motifs is 1. The average molecular weight is 313 g/mol. The number of hydrogen-bond acceptors (Lipinski definition) is 3. The van der Waals surface area contributed by atoms with Gasteiger partial charge in [-0.1, -0.05) is 12.1 Å². The van der Waals surface area contributed by atoms with Crippen LogP contribution in [0.2, 0.25) is 0 Å². The summed E-state index contributed by atoms with van der Waals surface area (Å²) in [6.45, 7) is 4.22. The van der Waals surface area contributed by atoms with E-state index in [0.717, 1.165) is 41.5 Å². The lowest BCUT2D eigenvalue weighted by Crippen LogP contribution is -2.17. The fraction of sp³-hybridized carbons (Fsp3) is 0.412. The van der Waals surface area contributed by atoms with Gasteiger partial charge in [-0.25, -0.2) is 4.68 Å². The number of nitrogens with zero attached hydrogens (tertiary/aromatic N) is 2. The minimum Gasteiger partial charge on any atom is -0.310 e. The van der Waals surface area contributed by atoms with Gasteiger partial charge in [-0.05, 0) is 43.9 Å². The molecule has 114 valence electrons. The third kappa shape index (κ3) is 2.24. The van der Waals surface area contributed by atoms with E-state index in [1.54, 1.807) is 0 Å². The Bertz CT molecular complexity index is 762. The Morgan fingerprint density at radius 3 is 2.91 bits per heavy atom. The van der Waals surface area contributed by atoms with Gasteiger partial charge in [-0.3, -0.25) is 4.79 Å². The van der Waals surface area contributed by atoms with E-state index in [4.69, 9.17) is 5.10 Å². The highest BCUT2D eigenvalue weighted by atomic mass is 32.2. The molecule has 1 amide bonds. The second-order valence-corrected chi connectivity index (χ2v) is 7.15. The van der Waals surface area contributed by atoms with Crippen LogP contribution in [-0.2, 0) is 16.3 Å². The van der Waals surface area contributed by atoms with Gasteiger partial charge in [0.1, 0.15) is 5.82 Å². The molecule has 1 fully saturated rings. The zero-order valence-corrected chi connectivity index (χ0v) is 13.7. The van der Waals surface area contributed by atoms with Crippen molar-refractivity contribution in [3.63, 3.8) is 0 Å². The molecule has 0 atom stereocenters. The van der Waals surface area contributed by atoms with Crippen LogP contribution in [0.5, 0.6) is 0 Å². The Morgan fingerprint density at radius 2 is 2.14 bits per heavy atom. The maximum atomic E-state index is 12.2. The molecule has 0 bridgehead atoms. The molecule has 1 aliphatic heterocycles. The molecule has 4 rings (SSSR count). The van der Waals surface area contributed by atoms with E-state index in [2.05, 4.69) is 31.3 Å². The first-order valence-corrected chi connectivity index (χ1v) is 8.86. The Kier molecular flexibility index (Phi) is 3.26. The molecule has 5 heteroatoms. The number of hydrogen-bond donors (Lipinski definition) is 1. The maximum Gasteiger partial charge on any atom is 0.228 e. The number of benzene rings is 1. The van der Waals surface area contributed by atoms with Crippen LogP contribution in [0.15, 0.2) is 18.2 Å². The normalized spacial score (nSPS) is 16.6. The van der Waals surface area contributed by atoms with Gasteiger partial charge in [0.2, 0.25) is 5.91 Å². The first-order valence-electron chi connectivity index (χ1n) is 7.71. The van der Waals surface area contributed by atoms with Gasteiger partial charge in [0.15, 0.2) is 0 Å². The van der Waals surface area contributed by atoms with E-state index in [1.807, 2.05) is 22.5 Å². The first-order chi connectivity index (χ1) is 10.6. The number of carbonyl (C=O) groups excluding carboxylic acids is 1. The molecule has 0 spiro atoms. The van der Waals surface area contributed by atoms with Gasteiger partial charge in [0.25, 0.3) is 0 Å². The molecule has 0 radical (unpaired) electrons. The lowest BCUT2D eigenvalue weighted by Gasteiger charge is -2.14. The zero-order chi connectivity index (χ0) is 15.3. The lowest BCUT2D eigenvalue weighted by atomic mass is 10.1. The highest BCUT2D eigenvalue weighted by molar-refractivity contribution is 7.98. The summed E-state index contributed by atoms with van der Waals surface area (Å²) in [5.41, 5.74) is 5.81. The van der Waals surface area contributed by atoms with Gasteiger partial charge in [-0.2, -0.15) is 16.9 Å². The number of amides is 1. The quantitative estimate of drug-likeness (QED) is 0.942. The second-order valence-electron chi connectivity index (χ2n) is 6.16. The van der Waals surface area contributed by atoms with Gasteiger partial charge >= 0.3 is 0 Å². The Morgan fingerprint density at radius 1 is 1.32 bits per heavy atom. The first kappa shape index (κ1) is 13.9. The Labute approximate surface area is 134 Å². The van der Waals surface area contributed by atoms with Crippen molar-refractivity contribution in [3.8, 4) is 5.69 Å². The summed E-state index contributed by atoms with van der Waals surface area (Å²) in [4.78, 5) is 12.2. The molecule has 1 aliphatic carbocycles. The summed E-state index contributed by atoms with van der Waals surface area (Å²) in [6.07, 6.45) is 2.03. The predicted octanol–water partition coefficient (Wildman–Crippen LogP) is 3.58. The van der Waals surface area contributed by atoms with Crippen molar-refractivity contribution in [1.29, 1.82) is 0 Å².